The number of aromatic nitrogens is 3. The lowest BCUT2D eigenvalue weighted by Crippen LogP contribution is -2.23. The van der Waals surface area contributed by atoms with Crippen molar-refractivity contribution in [1.82, 2.24) is 15.0 Å². The molecule has 0 aliphatic heterocycles. The number of nitrogens with zero attached hydrogens (tertiary/aromatic N) is 4. The topological polar surface area (TPSA) is 60.4 Å². The summed E-state index contributed by atoms with van der Waals surface area (Å²) in [6.07, 6.45) is 0. The van der Waals surface area contributed by atoms with Gasteiger partial charge >= 0.3 is 12.6 Å². The fourth-order valence-electron chi connectivity index (χ4n) is 0.823. The van der Waals surface area contributed by atoms with Gasteiger partial charge in [-0.15, -0.1) is 0 Å². The number of alkyl halides is 2. The van der Waals surface area contributed by atoms with Gasteiger partial charge in [-0.2, -0.15) is 23.7 Å². The van der Waals surface area contributed by atoms with Crippen LogP contribution in [0.1, 0.15) is 6.92 Å². The van der Waals surface area contributed by atoms with Crippen molar-refractivity contribution in [2.24, 2.45) is 0 Å². The summed E-state index contributed by atoms with van der Waals surface area (Å²) in [6, 6.07) is -0.0535. The molecule has 1 rings (SSSR count). The molecule has 0 amide bonds. The van der Waals surface area contributed by atoms with E-state index in [1.165, 1.54) is 7.05 Å². The molecule has 0 aliphatic carbocycles. The fraction of sp³-hybridized carbons (Fsp3) is 0.571. The van der Waals surface area contributed by atoms with Crippen molar-refractivity contribution in [3.63, 3.8) is 0 Å². The largest absolute Gasteiger partial charge is 0.464 e. The van der Waals surface area contributed by atoms with Gasteiger partial charge in [0.1, 0.15) is 0 Å². The standard InChI is InChI=1S/C7H9ClF2N4O2/c1-3-15-7-12-4(8)11-6(13-7)14(2)16-5(9)10/h5H,3H2,1-2H3. The van der Waals surface area contributed by atoms with Gasteiger partial charge in [0.2, 0.25) is 5.28 Å². The van der Waals surface area contributed by atoms with E-state index in [4.69, 9.17) is 16.3 Å². The highest BCUT2D eigenvalue weighted by Crippen LogP contribution is 2.15. The molecule has 1 aromatic rings. The molecule has 0 N–H and O–H groups in total. The van der Waals surface area contributed by atoms with Crippen LogP contribution >= 0.6 is 11.6 Å². The molecule has 0 fully saturated rings. The minimum absolute atomic E-state index is 0.0535. The zero-order chi connectivity index (χ0) is 12.1. The van der Waals surface area contributed by atoms with Crippen LogP contribution in [0.5, 0.6) is 6.01 Å². The molecule has 1 aromatic heterocycles. The molecule has 0 unspecified atom stereocenters. The molecule has 0 spiro atoms. The Morgan fingerprint density at radius 1 is 1.38 bits per heavy atom. The summed E-state index contributed by atoms with van der Waals surface area (Å²) in [6.45, 7) is -0.938. The Morgan fingerprint density at radius 2 is 2.06 bits per heavy atom. The van der Waals surface area contributed by atoms with Crippen molar-refractivity contribution in [1.29, 1.82) is 0 Å². The molecule has 16 heavy (non-hydrogen) atoms. The quantitative estimate of drug-likeness (QED) is 0.743. The second-order valence-electron chi connectivity index (χ2n) is 2.48. The van der Waals surface area contributed by atoms with Crippen molar-refractivity contribution in [3.8, 4) is 6.01 Å². The average Bonchev–Trinajstić information content (AvgIpc) is 2.16. The molecule has 0 saturated heterocycles. The Morgan fingerprint density at radius 3 is 2.62 bits per heavy atom. The first-order chi connectivity index (χ1) is 7.52. The van der Waals surface area contributed by atoms with Crippen LogP contribution in [0.15, 0.2) is 0 Å². The minimum Gasteiger partial charge on any atom is -0.464 e. The highest BCUT2D eigenvalue weighted by Gasteiger charge is 2.14. The Labute approximate surface area is 95.1 Å². The van der Waals surface area contributed by atoms with Gasteiger partial charge in [0.15, 0.2) is 0 Å². The summed E-state index contributed by atoms with van der Waals surface area (Å²) in [5.74, 6) is -0.163. The van der Waals surface area contributed by atoms with E-state index in [2.05, 4.69) is 19.8 Å². The van der Waals surface area contributed by atoms with Gasteiger partial charge < -0.3 is 4.74 Å². The summed E-state index contributed by atoms with van der Waals surface area (Å²) >= 11 is 5.55. The number of hydrogen-bond acceptors (Lipinski definition) is 6. The first-order valence-corrected chi connectivity index (χ1v) is 4.63. The van der Waals surface area contributed by atoms with E-state index < -0.39 is 6.61 Å². The van der Waals surface area contributed by atoms with E-state index in [9.17, 15) is 8.78 Å². The molecule has 90 valence electrons. The SMILES string of the molecule is CCOc1nc(Cl)nc(N(C)OC(F)F)n1. The first-order valence-electron chi connectivity index (χ1n) is 4.26. The summed E-state index contributed by atoms with van der Waals surface area (Å²) in [7, 11) is 1.22. The van der Waals surface area contributed by atoms with Crippen molar-refractivity contribution in [3.05, 3.63) is 5.28 Å². The molecule has 0 bridgehead atoms. The van der Waals surface area contributed by atoms with Crippen LogP contribution in [-0.2, 0) is 4.84 Å². The summed E-state index contributed by atoms with van der Waals surface area (Å²) in [4.78, 5) is 15.0. The highest BCUT2D eigenvalue weighted by atomic mass is 35.5. The van der Waals surface area contributed by atoms with Gasteiger partial charge in [0, 0.05) is 7.05 Å². The Bertz CT molecular complexity index is 355. The second kappa shape index (κ2) is 5.71. The molecular formula is C7H9ClF2N4O2. The molecule has 0 radical (unpaired) electrons. The maximum atomic E-state index is 11.9. The highest BCUT2D eigenvalue weighted by molar-refractivity contribution is 6.28. The van der Waals surface area contributed by atoms with Crippen LogP contribution < -0.4 is 9.80 Å². The van der Waals surface area contributed by atoms with Gasteiger partial charge in [0.25, 0.3) is 5.95 Å². The molecule has 0 atom stereocenters. The van der Waals surface area contributed by atoms with Crippen molar-refractivity contribution < 1.29 is 18.4 Å². The van der Waals surface area contributed by atoms with Gasteiger partial charge in [0.05, 0.1) is 6.61 Å². The molecule has 0 saturated carbocycles. The number of hydrogen-bond donors (Lipinski definition) is 0. The Hall–Kier alpha value is -1.28. The van der Waals surface area contributed by atoms with Crippen LogP contribution in [0.25, 0.3) is 0 Å². The molecule has 1 heterocycles. The van der Waals surface area contributed by atoms with Crippen molar-refractivity contribution in [2.45, 2.75) is 13.5 Å². The van der Waals surface area contributed by atoms with Gasteiger partial charge in [-0.1, -0.05) is 0 Å². The third-order valence-corrected chi connectivity index (χ3v) is 1.54. The number of halogens is 3. The average molecular weight is 255 g/mol. The number of ether oxygens (including phenoxy) is 1. The van der Waals surface area contributed by atoms with Crippen LogP contribution in [0.2, 0.25) is 5.28 Å². The van der Waals surface area contributed by atoms with Crippen LogP contribution in [0.4, 0.5) is 14.7 Å². The number of rotatable bonds is 5. The van der Waals surface area contributed by atoms with E-state index in [0.29, 0.717) is 11.7 Å². The third kappa shape index (κ3) is 3.70. The van der Waals surface area contributed by atoms with E-state index in [-0.39, 0.29) is 17.2 Å². The van der Waals surface area contributed by atoms with Gasteiger partial charge in [-0.05, 0) is 18.5 Å². The molecule has 0 aliphatic rings. The van der Waals surface area contributed by atoms with Crippen LogP contribution in [-0.4, -0.2) is 35.2 Å². The number of hydroxylamine groups is 1. The van der Waals surface area contributed by atoms with Crippen LogP contribution in [0, 0.1) is 0 Å². The summed E-state index contributed by atoms with van der Waals surface area (Å²) in [5, 5.41) is 0.513. The predicted molar refractivity (Wildman–Crippen MR) is 51.5 cm³/mol. The summed E-state index contributed by atoms with van der Waals surface area (Å²) in [5.41, 5.74) is 0. The lowest BCUT2D eigenvalue weighted by atomic mass is 10.8. The Balaban J connectivity index is 2.86. The second-order valence-corrected chi connectivity index (χ2v) is 2.82. The zero-order valence-electron chi connectivity index (χ0n) is 8.52. The molecule has 9 heteroatoms. The lowest BCUT2D eigenvalue weighted by Gasteiger charge is -2.15. The Kier molecular flexibility index (Phi) is 4.56. The first kappa shape index (κ1) is 12.8. The van der Waals surface area contributed by atoms with Crippen molar-refractivity contribution >= 4 is 17.5 Å². The van der Waals surface area contributed by atoms with Crippen LogP contribution in [0.3, 0.4) is 0 Å². The normalized spacial score (nSPS) is 10.6. The number of anilines is 1. The third-order valence-electron chi connectivity index (χ3n) is 1.37. The maximum Gasteiger partial charge on any atom is 0.365 e. The molecule has 6 nitrogen and oxygen atoms in total. The minimum atomic E-state index is -2.98. The van der Waals surface area contributed by atoms with E-state index in [1.54, 1.807) is 6.92 Å². The van der Waals surface area contributed by atoms with E-state index in [0.717, 1.165) is 0 Å². The lowest BCUT2D eigenvalue weighted by molar-refractivity contribution is -0.136. The van der Waals surface area contributed by atoms with Gasteiger partial charge in [-0.25, -0.2) is 9.90 Å². The fourth-order valence-corrected chi connectivity index (χ4v) is 0.971. The van der Waals surface area contributed by atoms with Gasteiger partial charge in [-0.3, -0.25) is 0 Å². The predicted octanol–water partition coefficient (Wildman–Crippen LogP) is 1.51. The maximum absolute atomic E-state index is 11.9. The van der Waals surface area contributed by atoms with E-state index >= 15 is 0 Å². The summed E-state index contributed by atoms with van der Waals surface area (Å²) < 4.78 is 28.8. The monoisotopic (exact) mass is 254 g/mol. The van der Waals surface area contributed by atoms with E-state index in [1.807, 2.05) is 0 Å². The smallest absolute Gasteiger partial charge is 0.365 e. The zero-order valence-corrected chi connectivity index (χ0v) is 9.28. The van der Waals surface area contributed by atoms with Crippen molar-refractivity contribution in [2.75, 3.05) is 18.7 Å². The molecule has 0 aromatic carbocycles. The molecular weight excluding hydrogens is 246 g/mol.